The molecule has 1 aromatic carbocycles. The molecule has 5 nitrogen and oxygen atoms in total. The summed E-state index contributed by atoms with van der Waals surface area (Å²) in [6.45, 7) is 7.31. The standard InChI is InChI=1S/C20H29NO4/c1-2-3-10-21-11-8-16(9-12-21)15-25-20(22)17-6-4-7-18-19(17)24-14-5-13-23-18/h4,6-7,16H,2-3,5,8-15H2,1H3. The van der Waals surface area contributed by atoms with E-state index in [-0.39, 0.29) is 5.97 Å². The van der Waals surface area contributed by atoms with Crippen molar-refractivity contribution in [3.8, 4) is 11.5 Å². The molecule has 3 rings (SSSR count). The lowest BCUT2D eigenvalue weighted by molar-refractivity contribution is 0.0367. The highest BCUT2D eigenvalue weighted by atomic mass is 16.5. The van der Waals surface area contributed by atoms with Gasteiger partial charge in [-0.25, -0.2) is 4.79 Å². The zero-order valence-electron chi connectivity index (χ0n) is 15.2. The minimum atomic E-state index is -0.309. The molecule has 1 fully saturated rings. The third-order valence-electron chi connectivity index (χ3n) is 4.98. The molecule has 0 spiro atoms. The number of benzene rings is 1. The quantitative estimate of drug-likeness (QED) is 0.737. The lowest BCUT2D eigenvalue weighted by Gasteiger charge is -2.31. The summed E-state index contributed by atoms with van der Waals surface area (Å²) in [6, 6.07) is 5.41. The van der Waals surface area contributed by atoms with Crippen LogP contribution in [0.1, 0.15) is 49.4 Å². The lowest BCUT2D eigenvalue weighted by atomic mass is 9.97. The summed E-state index contributed by atoms with van der Waals surface area (Å²) in [5, 5.41) is 0. The number of hydrogen-bond donors (Lipinski definition) is 0. The van der Waals surface area contributed by atoms with Crippen molar-refractivity contribution in [2.24, 2.45) is 5.92 Å². The van der Waals surface area contributed by atoms with Gasteiger partial charge in [-0.1, -0.05) is 19.4 Å². The Morgan fingerprint density at radius 3 is 2.84 bits per heavy atom. The first-order chi connectivity index (χ1) is 12.3. The summed E-state index contributed by atoms with van der Waals surface area (Å²) in [6.07, 6.45) is 5.53. The third kappa shape index (κ3) is 4.88. The Morgan fingerprint density at radius 2 is 2.04 bits per heavy atom. The van der Waals surface area contributed by atoms with Crippen LogP contribution in [0.2, 0.25) is 0 Å². The summed E-state index contributed by atoms with van der Waals surface area (Å²) in [7, 11) is 0. The SMILES string of the molecule is CCCCN1CCC(COC(=O)c2cccc3c2OCCCO3)CC1. The van der Waals surface area contributed by atoms with Crippen LogP contribution in [0.15, 0.2) is 18.2 Å². The van der Waals surface area contributed by atoms with Crippen LogP contribution in [0.5, 0.6) is 11.5 Å². The van der Waals surface area contributed by atoms with Gasteiger partial charge in [0.15, 0.2) is 11.5 Å². The molecule has 25 heavy (non-hydrogen) atoms. The molecule has 0 aliphatic carbocycles. The first-order valence-corrected chi connectivity index (χ1v) is 9.56. The molecule has 0 saturated carbocycles. The zero-order chi connectivity index (χ0) is 17.5. The van der Waals surface area contributed by atoms with Gasteiger partial charge in [0.1, 0.15) is 5.56 Å². The van der Waals surface area contributed by atoms with Crippen molar-refractivity contribution in [3.05, 3.63) is 23.8 Å². The van der Waals surface area contributed by atoms with Crippen LogP contribution in [0, 0.1) is 5.92 Å². The van der Waals surface area contributed by atoms with Gasteiger partial charge in [0.2, 0.25) is 0 Å². The molecule has 0 atom stereocenters. The summed E-state index contributed by atoms with van der Waals surface area (Å²) in [4.78, 5) is 15.0. The number of nitrogens with zero attached hydrogens (tertiary/aromatic N) is 1. The van der Waals surface area contributed by atoms with Gasteiger partial charge in [0.25, 0.3) is 0 Å². The third-order valence-corrected chi connectivity index (χ3v) is 4.98. The molecule has 0 radical (unpaired) electrons. The lowest BCUT2D eigenvalue weighted by Crippen LogP contribution is -2.36. The van der Waals surface area contributed by atoms with Crippen molar-refractivity contribution in [2.45, 2.75) is 39.0 Å². The summed E-state index contributed by atoms with van der Waals surface area (Å²) in [5.74, 6) is 1.31. The average molecular weight is 347 g/mol. The topological polar surface area (TPSA) is 48.0 Å². The van der Waals surface area contributed by atoms with E-state index in [2.05, 4.69) is 11.8 Å². The van der Waals surface area contributed by atoms with E-state index in [0.29, 0.717) is 42.8 Å². The van der Waals surface area contributed by atoms with Gasteiger partial charge in [0, 0.05) is 6.42 Å². The second-order valence-electron chi connectivity index (χ2n) is 6.92. The Morgan fingerprint density at radius 1 is 1.24 bits per heavy atom. The number of esters is 1. The largest absolute Gasteiger partial charge is 0.490 e. The summed E-state index contributed by atoms with van der Waals surface area (Å²) >= 11 is 0. The van der Waals surface area contributed by atoms with E-state index >= 15 is 0 Å². The Balaban J connectivity index is 1.50. The maximum atomic E-state index is 12.5. The molecule has 0 N–H and O–H groups in total. The van der Waals surface area contributed by atoms with Crippen molar-refractivity contribution in [2.75, 3.05) is 39.5 Å². The van der Waals surface area contributed by atoms with Crippen LogP contribution >= 0.6 is 0 Å². The molecular formula is C20H29NO4. The average Bonchev–Trinajstić information content (AvgIpc) is 2.90. The first kappa shape index (κ1) is 18.1. The number of likely N-dealkylation sites (tertiary alicyclic amines) is 1. The van der Waals surface area contributed by atoms with Crippen LogP contribution in [-0.2, 0) is 4.74 Å². The predicted octanol–water partition coefficient (Wildman–Crippen LogP) is 3.52. The van der Waals surface area contributed by atoms with E-state index in [1.807, 2.05) is 12.1 Å². The smallest absolute Gasteiger partial charge is 0.342 e. The minimum absolute atomic E-state index is 0.309. The molecular weight excluding hydrogens is 318 g/mol. The molecule has 0 unspecified atom stereocenters. The van der Waals surface area contributed by atoms with Gasteiger partial charge in [-0.05, 0) is 56.9 Å². The van der Waals surface area contributed by atoms with Crippen LogP contribution in [0.3, 0.4) is 0 Å². The fourth-order valence-electron chi connectivity index (χ4n) is 3.38. The molecule has 5 heteroatoms. The van der Waals surface area contributed by atoms with Crippen molar-refractivity contribution in [3.63, 3.8) is 0 Å². The number of fused-ring (bicyclic) bond motifs is 1. The van der Waals surface area contributed by atoms with Crippen molar-refractivity contribution < 1.29 is 19.0 Å². The highest BCUT2D eigenvalue weighted by Crippen LogP contribution is 2.33. The number of carbonyl (C=O) groups is 1. The highest BCUT2D eigenvalue weighted by molar-refractivity contribution is 5.93. The monoisotopic (exact) mass is 347 g/mol. The highest BCUT2D eigenvalue weighted by Gasteiger charge is 2.23. The summed E-state index contributed by atoms with van der Waals surface area (Å²) in [5.41, 5.74) is 0.472. The van der Waals surface area contributed by atoms with Gasteiger partial charge >= 0.3 is 5.97 Å². The van der Waals surface area contributed by atoms with Crippen molar-refractivity contribution >= 4 is 5.97 Å². The van der Waals surface area contributed by atoms with Gasteiger partial charge in [-0.3, -0.25) is 0 Å². The van der Waals surface area contributed by atoms with Gasteiger partial charge < -0.3 is 19.1 Å². The molecule has 0 bridgehead atoms. The normalized spacial score (nSPS) is 18.6. The predicted molar refractivity (Wildman–Crippen MR) is 96.4 cm³/mol. The zero-order valence-corrected chi connectivity index (χ0v) is 15.2. The number of unbranched alkanes of at least 4 members (excludes halogenated alkanes) is 1. The number of hydrogen-bond acceptors (Lipinski definition) is 5. The van der Waals surface area contributed by atoms with E-state index in [1.165, 1.54) is 19.4 Å². The Kier molecular flexibility index (Phi) is 6.56. The van der Waals surface area contributed by atoms with E-state index in [9.17, 15) is 4.79 Å². The molecule has 138 valence electrons. The molecule has 1 aromatic rings. The Hall–Kier alpha value is -1.75. The molecule has 0 amide bonds. The molecule has 1 saturated heterocycles. The first-order valence-electron chi connectivity index (χ1n) is 9.56. The molecule has 0 aromatic heterocycles. The number of rotatable bonds is 6. The van der Waals surface area contributed by atoms with Crippen molar-refractivity contribution in [1.29, 1.82) is 0 Å². The van der Waals surface area contributed by atoms with Gasteiger partial charge in [-0.2, -0.15) is 0 Å². The van der Waals surface area contributed by atoms with Crippen LogP contribution in [0.4, 0.5) is 0 Å². The summed E-state index contributed by atoms with van der Waals surface area (Å²) < 4.78 is 16.9. The maximum Gasteiger partial charge on any atom is 0.342 e. The van der Waals surface area contributed by atoms with E-state index in [0.717, 1.165) is 32.4 Å². The fourth-order valence-corrected chi connectivity index (χ4v) is 3.38. The minimum Gasteiger partial charge on any atom is -0.490 e. The molecule has 2 aliphatic heterocycles. The van der Waals surface area contributed by atoms with Crippen LogP contribution in [-0.4, -0.2) is 50.3 Å². The van der Waals surface area contributed by atoms with E-state index in [4.69, 9.17) is 14.2 Å². The Bertz CT molecular complexity index is 567. The maximum absolute atomic E-state index is 12.5. The molecule has 2 heterocycles. The second-order valence-corrected chi connectivity index (χ2v) is 6.92. The molecule has 2 aliphatic rings. The Labute approximate surface area is 150 Å². The van der Waals surface area contributed by atoms with Gasteiger partial charge in [0.05, 0.1) is 19.8 Å². The fraction of sp³-hybridized carbons (Fsp3) is 0.650. The van der Waals surface area contributed by atoms with Crippen LogP contribution in [0.25, 0.3) is 0 Å². The number of ether oxygens (including phenoxy) is 3. The van der Waals surface area contributed by atoms with E-state index < -0.39 is 0 Å². The number of carbonyl (C=O) groups excluding carboxylic acids is 1. The second kappa shape index (κ2) is 9.09. The van der Waals surface area contributed by atoms with Crippen LogP contribution < -0.4 is 9.47 Å². The number of para-hydroxylation sites is 1. The number of piperidine rings is 1. The van der Waals surface area contributed by atoms with E-state index in [1.54, 1.807) is 6.07 Å². The van der Waals surface area contributed by atoms with Crippen molar-refractivity contribution in [1.82, 2.24) is 4.90 Å². The van der Waals surface area contributed by atoms with Gasteiger partial charge in [-0.15, -0.1) is 0 Å².